The van der Waals surface area contributed by atoms with Crippen LogP contribution in [0.4, 0.5) is 13.2 Å². The molecule has 94 valence electrons. The summed E-state index contributed by atoms with van der Waals surface area (Å²) < 4.78 is 41.2. The first-order valence-electron chi connectivity index (χ1n) is 4.66. The third-order valence-corrected chi connectivity index (χ3v) is 2.05. The molecule has 0 saturated heterocycles. The Morgan fingerprint density at radius 2 is 2.06 bits per heavy atom. The van der Waals surface area contributed by atoms with Gasteiger partial charge in [-0.1, -0.05) is 0 Å². The number of carbonyl (C=O) groups is 1. The van der Waals surface area contributed by atoms with Crippen molar-refractivity contribution in [3.8, 4) is 5.88 Å². The Balaban J connectivity index is 2.88. The van der Waals surface area contributed by atoms with Gasteiger partial charge in [-0.25, -0.2) is 9.78 Å². The summed E-state index contributed by atoms with van der Waals surface area (Å²) in [5.41, 5.74) is 0.0291. The highest BCUT2D eigenvalue weighted by Crippen LogP contribution is 2.24. The lowest BCUT2D eigenvalue weighted by atomic mass is 10.2. The van der Waals surface area contributed by atoms with E-state index < -0.39 is 18.2 Å². The number of ether oxygens (including phenoxy) is 1. The summed E-state index contributed by atoms with van der Waals surface area (Å²) in [5, 5.41) is 8.71. The Hall–Kier alpha value is -1.79. The van der Waals surface area contributed by atoms with Gasteiger partial charge >= 0.3 is 12.1 Å². The van der Waals surface area contributed by atoms with Gasteiger partial charge in [-0.05, 0) is 19.9 Å². The zero-order chi connectivity index (χ0) is 13.2. The van der Waals surface area contributed by atoms with Crippen molar-refractivity contribution in [2.45, 2.75) is 26.1 Å². The Morgan fingerprint density at radius 1 is 1.47 bits per heavy atom. The van der Waals surface area contributed by atoms with Gasteiger partial charge in [-0.15, -0.1) is 0 Å². The SMILES string of the molecule is Cc1nc(OC(C)C(F)(F)F)ccc1C(=O)O. The van der Waals surface area contributed by atoms with E-state index in [4.69, 9.17) is 5.11 Å². The molecule has 1 N–H and O–H groups in total. The standard InChI is InChI=1S/C10H10F3NO3/c1-5-7(9(15)16)3-4-8(14-5)17-6(2)10(11,12)13/h3-4,6H,1-2H3,(H,15,16). The number of halogens is 3. The van der Waals surface area contributed by atoms with Crippen molar-refractivity contribution in [1.29, 1.82) is 0 Å². The van der Waals surface area contributed by atoms with E-state index in [2.05, 4.69) is 9.72 Å². The van der Waals surface area contributed by atoms with Crippen LogP contribution >= 0.6 is 0 Å². The third kappa shape index (κ3) is 3.33. The number of aromatic nitrogens is 1. The monoisotopic (exact) mass is 249 g/mol. The predicted molar refractivity (Wildman–Crippen MR) is 52.1 cm³/mol. The number of hydrogen-bond acceptors (Lipinski definition) is 3. The summed E-state index contributed by atoms with van der Waals surface area (Å²) in [7, 11) is 0. The summed E-state index contributed by atoms with van der Waals surface area (Å²) in [4.78, 5) is 14.3. The second-order valence-electron chi connectivity index (χ2n) is 3.39. The van der Waals surface area contributed by atoms with E-state index in [1.807, 2.05) is 0 Å². The third-order valence-electron chi connectivity index (χ3n) is 2.05. The number of pyridine rings is 1. The van der Waals surface area contributed by atoms with Gasteiger partial charge in [0.1, 0.15) is 0 Å². The molecule has 1 atom stereocenters. The van der Waals surface area contributed by atoms with Crippen LogP contribution in [0.25, 0.3) is 0 Å². The lowest BCUT2D eigenvalue weighted by Crippen LogP contribution is -2.31. The minimum Gasteiger partial charge on any atom is -0.478 e. The van der Waals surface area contributed by atoms with Gasteiger partial charge in [0.15, 0.2) is 6.10 Å². The molecule has 0 radical (unpaired) electrons. The fourth-order valence-corrected chi connectivity index (χ4v) is 1.08. The van der Waals surface area contributed by atoms with Gasteiger partial charge in [0.2, 0.25) is 5.88 Å². The minimum absolute atomic E-state index is 0.0722. The van der Waals surface area contributed by atoms with Crippen LogP contribution in [-0.2, 0) is 0 Å². The second-order valence-corrected chi connectivity index (χ2v) is 3.39. The lowest BCUT2D eigenvalue weighted by molar-refractivity contribution is -0.190. The molecule has 1 unspecified atom stereocenters. The Morgan fingerprint density at radius 3 is 2.47 bits per heavy atom. The van der Waals surface area contributed by atoms with E-state index in [0.29, 0.717) is 0 Å². The van der Waals surface area contributed by atoms with Crippen molar-refractivity contribution < 1.29 is 27.8 Å². The molecule has 1 aromatic rings. The average Bonchev–Trinajstić information content (AvgIpc) is 2.15. The van der Waals surface area contributed by atoms with Gasteiger partial charge in [-0.3, -0.25) is 0 Å². The van der Waals surface area contributed by atoms with E-state index in [9.17, 15) is 18.0 Å². The molecule has 0 fully saturated rings. The summed E-state index contributed by atoms with van der Waals surface area (Å²) in [6, 6.07) is 2.25. The number of rotatable bonds is 3. The topological polar surface area (TPSA) is 59.4 Å². The highest BCUT2D eigenvalue weighted by Gasteiger charge is 2.38. The Kier molecular flexibility index (Phi) is 3.59. The van der Waals surface area contributed by atoms with Crippen LogP contribution in [0.2, 0.25) is 0 Å². The largest absolute Gasteiger partial charge is 0.478 e. The highest BCUT2D eigenvalue weighted by atomic mass is 19.4. The molecule has 0 aliphatic rings. The van der Waals surface area contributed by atoms with Gasteiger partial charge in [-0.2, -0.15) is 13.2 Å². The number of aromatic carboxylic acids is 1. The van der Waals surface area contributed by atoms with E-state index in [1.54, 1.807) is 0 Å². The van der Waals surface area contributed by atoms with E-state index in [-0.39, 0.29) is 17.1 Å². The molecule has 0 spiro atoms. The summed E-state index contributed by atoms with van der Waals surface area (Å²) in [6.45, 7) is 2.23. The fraction of sp³-hybridized carbons (Fsp3) is 0.400. The van der Waals surface area contributed by atoms with E-state index >= 15 is 0 Å². The molecule has 4 nitrogen and oxygen atoms in total. The lowest BCUT2D eigenvalue weighted by Gasteiger charge is -2.17. The smallest absolute Gasteiger partial charge is 0.425 e. The van der Waals surface area contributed by atoms with Crippen LogP contribution in [0.15, 0.2) is 12.1 Å². The molecular weight excluding hydrogens is 239 g/mol. The highest BCUT2D eigenvalue weighted by molar-refractivity contribution is 5.88. The van der Waals surface area contributed by atoms with Gasteiger partial charge in [0, 0.05) is 6.07 Å². The molecule has 0 aliphatic carbocycles. The molecule has 17 heavy (non-hydrogen) atoms. The van der Waals surface area contributed by atoms with Crippen LogP contribution in [0.3, 0.4) is 0 Å². The number of hydrogen-bond donors (Lipinski definition) is 1. The number of aryl methyl sites for hydroxylation is 1. The predicted octanol–water partition coefficient (Wildman–Crippen LogP) is 2.42. The number of alkyl halides is 3. The zero-order valence-electron chi connectivity index (χ0n) is 9.08. The molecule has 0 aromatic carbocycles. The van der Waals surface area contributed by atoms with Gasteiger partial charge < -0.3 is 9.84 Å². The number of carboxylic acids is 1. The minimum atomic E-state index is -4.49. The maximum Gasteiger partial charge on any atom is 0.425 e. The maximum atomic E-state index is 12.2. The van der Waals surface area contributed by atoms with Crippen molar-refractivity contribution in [3.05, 3.63) is 23.4 Å². The van der Waals surface area contributed by atoms with E-state index in [1.165, 1.54) is 6.92 Å². The molecule has 0 aliphatic heterocycles. The number of nitrogens with zero attached hydrogens (tertiary/aromatic N) is 1. The molecular formula is C10H10F3NO3. The fourth-order valence-electron chi connectivity index (χ4n) is 1.08. The van der Waals surface area contributed by atoms with Crippen LogP contribution in [0.5, 0.6) is 5.88 Å². The Labute approximate surface area is 95.0 Å². The van der Waals surface area contributed by atoms with Gasteiger partial charge in [0.25, 0.3) is 0 Å². The summed E-state index contributed by atoms with van der Waals surface area (Å²) >= 11 is 0. The molecule has 0 bridgehead atoms. The zero-order valence-corrected chi connectivity index (χ0v) is 9.08. The van der Waals surface area contributed by atoms with Gasteiger partial charge in [0.05, 0.1) is 11.3 Å². The van der Waals surface area contributed by atoms with E-state index in [0.717, 1.165) is 19.1 Å². The van der Waals surface area contributed by atoms with Crippen molar-refractivity contribution in [1.82, 2.24) is 4.98 Å². The first-order chi connectivity index (χ1) is 7.71. The average molecular weight is 249 g/mol. The molecule has 1 rings (SSSR count). The molecule has 7 heteroatoms. The van der Waals surface area contributed by atoms with Crippen molar-refractivity contribution in [2.75, 3.05) is 0 Å². The molecule has 1 heterocycles. The van der Waals surface area contributed by atoms with Crippen molar-refractivity contribution in [3.63, 3.8) is 0 Å². The normalized spacial score (nSPS) is 13.2. The Bertz CT molecular complexity index is 431. The van der Waals surface area contributed by atoms with Crippen molar-refractivity contribution in [2.24, 2.45) is 0 Å². The second kappa shape index (κ2) is 4.60. The molecule has 1 aromatic heterocycles. The van der Waals surface area contributed by atoms with Crippen LogP contribution in [0.1, 0.15) is 23.0 Å². The summed E-state index contributed by atoms with van der Waals surface area (Å²) in [6.07, 6.45) is -6.48. The quantitative estimate of drug-likeness (QED) is 0.893. The maximum absolute atomic E-state index is 12.2. The first kappa shape index (κ1) is 13.3. The van der Waals surface area contributed by atoms with Crippen molar-refractivity contribution >= 4 is 5.97 Å². The molecule has 0 amide bonds. The van der Waals surface area contributed by atoms with Crippen LogP contribution in [0, 0.1) is 6.92 Å². The molecule has 0 saturated carbocycles. The first-order valence-corrected chi connectivity index (χ1v) is 4.66. The van der Waals surface area contributed by atoms with Crippen LogP contribution < -0.4 is 4.74 Å². The summed E-state index contributed by atoms with van der Waals surface area (Å²) in [5.74, 6) is -1.44. The van der Waals surface area contributed by atoms with Crippen LogP contribution in [-0.4, -0.2) is 28.3 Å². The number of carboxylic acid groups (broad SMARTS) is 1.